The fraction of sp³-hybridized carbons (Fsp3) is 0.176. The molecule has 0 aliphatic carbocycles. The highest BCUT2D eigenvalue weighted by Crippen LogP contribution is 2.16. The van der Waals surface area contributed by atoms with E-state index in [1.807, 2.05) is 48.7 Å². The topological polar surface area (TPSA) is 55.4 Å². The van der Waals surface area contributed by atoms with E-state index in [0.29, 0.717) is 6.54 Å². The molecule has 1 aromatic carbocycles. The number of esters is 1. The minimum Gasteiger partial charge on any atom is -0.452 e. The molecule has 0 unspecified atom stereocenters. The zero-order valence-electron chi connectivity index (χ0n) is 12.2. The molecule has 5 heteroatoms. The number of thiophene rings is 1. The van der Waals surface area contributed by atoms with Crippen LogP contribution in [0.15, 0.2) is 47.9 Å². The van der Waals surface area contributed by atoms with E-state index in [0.717, 1.165) is 16.0 Å². The Labute approximate surface area is 133 Å². The Morgan fingerprint density at radius 1 is 1.23 bits per heavy atom. The van der Waals surface area contributed by atoms with E-state index in [1.165, 1.54) is 6.08 Å². The predicted octanol–water partition coefficient (Wildman–Crippen LogP) is 2.93. The van der Waals surface area contributed by atoms with Gasteiger partial charge in [-0.05, 0) is 35.6 Å². The zero-order valence-corrected chi connectivity index (χ0v) is 13.1. The van der Waals surface area contributed by atoms with Crippen LogP contribution in [0.25, 0.3) is 6.08 Å². The molecule has 1 heterocycles. The van der Waals surface area contributed by atoms with Crippen LogP contribution < -0.4 is 5.32 Å². The molecule has 0 aliphatic heterocycles. The molecule has 1 N–H and O–H groups in total. The maximum atomic E-state index is 11.6. The number of hydrogen-bond acceptors (Lipinski definition) is 4. The number of nitrogens with one attached hydrogen (secondary N) is 1. The Bertz CT molecular complexity index is 662. The van der Waals surface area contributed by atoms with Crippen LogP contribution in [-0.2, 0) is 20.9 Å². The molecule has 1 amide bonds. The lowest BCUT2D eigenvalue weighted by Gasteiger charge is -2.05. The number of hydrogen-bond donors (Lipinski definition) is 1. The monoisotopic (exact) mass is 315 g/mol. The van der Waals surface area contributed by atoms with Crippen molar-refractivity contribution in [2.45, 2.75) is 13.5 Å². The second kappa shape index (κ2) is 8.14. The molecule has 0 fully saturated rings. The normalized spacial score (nSPS) is 10.6. The second-order valence-electron chi connectivity index (χ2n) is 4.67. The van der Waals surface area contributed by atoms with Crippen molar-refractivity contribution < 1.29 is 14.3 Å². The highest BCUT2D eigenvalue weighted by atomic mass is 32.1. The van der Waals surface area contributed by atoms with Crippen LogP contribution in [0.2, 0.25) is 0 Å². The molecule has 114 valence electrons. The molecule has 0 bridgehead atoms. The van der Waals surface area contributed by atoms with Gasteiger partial charge in [-0.3, -0.25) is 4.79 Å². The van der Waals surface area contributed by atoms with Gasteiger partial charge in [0, 0.05) is 17.5 Å². The smallest absolute Gasteiger partial charge is 0.331 e. The molecule has 0 saturated heterocycles. The van der Waals surface area contributed by atoms with Crippen LogP contribution in [0.3, 0.4) is 0 Å². The Balaban J connectivity index is 1.71. The van der Waals surface area contributed by atoms with E-state index in [2.05, 4.69) is 5.32 Å². The summed E-state index contributed by atoms with van der Waals surface area (Å²) in [4.78, 5) is 24.1. The average Bonchev–Trinajstić information content (AvgIpc) is 2.95. The summed E-state index contributed by atoms with van der Waals surface area (Å²) in [7, 11) is 0. The third kappa shape index (κ3) is 5.18. The third-order valence-corrected chi connectivity index (χ3v) is 3.93. The average molecular weight is 315 g/mol. The van der Waals surface area contributed by atoms with Crippen LogP contribution in [0, 0.1) is 6.92 Å². The SMILES string of the molecule is Cc1ccsc1/C=C/C(=O)OCC(=O)NCc1ccccc1. The van der Waals surface area contributed by atoms with Crippen LogP contribution in [0.4, 0.5) is 0 Å². The fourth-order valence-corrected chi connectivity index (χ4v) is 2.55. The standard InChI is InChI=1S/C17H17NO3S/c1-13-9-10-22-15(13)7-8-17(20)21-12-16(19)18-11-14-5-3-2-4-6-14/h2-10H,11-12H2,1H3,(H,18,19)/b8-7+. The van der Waals surface area contributed by atoms with Gasteiger partial charge in [0.2, 0.25) is 0 Å². The second-order valence-corrected chi connectivity index (χ2v) is 5.62. The maximum Gasteiger partial charge on any atom is 0.331 e. The van der Waals surface area contributed by atoms with Crippen LogP contribution >= 0.6 is 11.3 Å². The molecule has 0 aliphatic rings. The number of carbonyl (C=O) groups excluding carboxylic acids is 2. The summed E-state index contributed by atoms with van der Waals surface area (Å²) >= 11 is 1.55. The van der Waals surface area contributed by atoms with Crippen LogP contribution in [0.5, 0.6) is 0 Å². The molecule has 1 aromatic heterocycles. The summed E-state index contributed by atoms with van der Waals surface area (Å²) in [6.45, 7) is 2.11. The molecule has 0 atom stereocenters. The highest BCUT2D eigenvalue weighted by Gasteiger charge is 2.05. The summed E-state index contributed by atoms with van der Waals surface area (Å²) in [6.07, 6.45) is 3.04. The lowest BCUT2D eigenvalue weighted by atomic mass is 10.2. The number of rotatable bonds is 6. The Hall–Kier alpha value is -2.40. The van der Waals surface area contributed by atoms with Crippen molar-refractivity contribution >= 4 is 29.3 Å². The molecule has 2 aromatic rings. The summed E-state index contributed by atoms with van der Waals surface area (Å²) < 4.78 is 4.90. The van der Waals surface area contributed by atoms with E-state index in [-0.39, 0.29) is 12.5 Å². The minimum atomic E-state index is -0.525. The van der Waals surface area contributed by atoms with Crippen molar-refractivity contribution in [1.82, 2.24) is 5.32 Å². The number of carbonyl (C=O) groups is 2. The number of ether oxygens (including phenoxy) is 1. The molecule has 0 saturated carbocycles. The first-order valence-corrected chi connectivity index (χ1v) is 7.72. The van der Waals surface area contributed by atoms with Gasteiger partial charge in [-0.25, -0.2) is 4.79 Å². The first-order chi connectivity index (χ1) is 10.6. The van der Waals surface area contributed by atoms with Gasteiger partial charge in [0.25, 0.3) is 5.91 Å². The van der Waals surface area contributed by atoms with Crippen molar-refractivity contribution in [3.63, 3.8) is 0 Å². The molecular formula is C17H17NO3S. The van der Waals surface area contributed by atoms with E-state index in [4.69, 9.17) is 4.74 Å². The summed E-state index contributed by atoms with van der Waals surface area (Å²) in [5, 5.41) is 4.65. The molecule has 22 heavy (non-hydrogen) atoms. The van der Waals surface area contributed by atoms with E-state index >= 15 is 0 Å². The maximum absolute atomic E-state index is 11.6. The van der Waals surface area contributed by atoms with Gasteiger partial charge in [-0.15, -0.1) is 11.3 Å². The first-order valence-electron chi connectivity index (χ1n) is 6.84. The van der Waals surface area contributed by atoms with E-state index < -0.39 is 5.97 Å². The fourth-order valence-electron chi connectivity index (χ4n) is 1.73. The molecule has 4 nitrogen and oxygen atoms in total. The molecule has 0 spiro atoms. The Kier molecular flexibility index (Phi) is 5.91. The summed E-state index contributed by atoms with van der Waals surface area (Å²) in [5.74, 6) is -0.847. The molecular weight excluding hydrogens is 298 g/mol. The van der Waals surface area contributed by atoms with Crippen molar-refractivity contribution in [1.29, 1.82) is 0 Å². The quantitative estimate of drug-likeness (QED) is 0.659. The Morgan fingerprint density at radius 3 is 2.68 bits per heavy atom. The van der Waals surface area contributed by atoms with Crippen molar-refractivity contribution in [2.75, 3.05) is 6.61 Å². The van der Waals surface area contributed by atoms with Crippen molar-refractivity contribution in [3.05, 3.63) is 63.9 Å². The highest BCUT2D eigenvalue weighted by molar-refractivity contribution is 7.11. The van der Waals surface area contributed by atoms with Crippen LogP contribution in [-0.4, -0.2) is 18.5 Å². The van der Waals surface area contributed by atoms with E-state index in [9.17, 15) is 9.59 Å². The van der Waals surface area contributed by atoms with Gasteiger partial charge < -0.3 is 10.1 Å². The lowest BCUT2D eigenvalue weighted by molar-refractivity contribution is -0.143. The largest absolute Gasteiger partial charge is 0.452 e. The Morgan fingerprint density at radius 2 is 2.00 bits per heavy atom. The zero-order chi connectivity index (χ0) is 15.8. The third-order valence-electron chi connectivity index (χ3n) is 2.95. The van der Waals surface area contributed by atoms with Gasteiger partial charge in [0.15, 0.2) is 6.61 Å². The van der Waals surface area contributed by atoms with E-state index in [1.54, 1.807) is 17.4 Å². The van der Waals surface area contributed by atoms with Gasteiger partial charge in [0.1, 0.15) is 0 Å². The number of amides is 1. The predicted molar refractivity (Wildman–Crippen MR) is 87.3 cm³/mol. The molecule has 2 rings (SSSR count). The van der Waals surface area contributed by atoms with Gasteiger partial charge >= 0.3 is 5.97 Å². The first kappa shape index (κ1) is 16.0. The van der Waals surface area contributed by atoms with Gasteiger partial charge in [-0.2, -0.15) is 0 Å². The summed E-state index contributed by atoms with van der Waals surface area (Å²) in [6, 6.07) is 11.5. The van der Waals surface area contributed by atoms with Gasteiger partial charge in [0.05, 0.1) is 0 Å². The number of benzene rings is 1. The number of aryl methyl sites for hydroxylation is 1. The van der Waals surface area contributed by atoms with Gasteiger partial charge in [-0.1, -0.05) is 30.3 Å². The van der Waals surface area contributed by atoms with Crippen molar-refractivity contribution in [3.8, 4) is 0 Å². The minimum absolute atomic E-state index is 0.278. The summed E-state index contributed by atoms with van der Waals surface area (Å²) in [5.41, 5.74) is 2.10. The lowest BCUT2D eigenvalue weighted by Crippen LogP contribution is -2.28. The van der Waals surface area contributed by atoms with Crippen LogP contribution in [0.1, 0.15) is 16.0 Å². The molecule has 0 radical (unpaired) electrons. The van der Waals surface area contributed by atoms with Crippen molar-refractivity contribution in [2.24, 2.45) is 0 Å².